The molecule has 2 aromatic rings. The number of aliphatic carboxylic acids is 1. The first-order valence-corrected chi connectivity index (χ1v) is 6.69. The molecule has 0 fully saturated rings. The van der Waals surface area contributed by atoms with Crippen LogP contribution in [-0.4, -0.2) is 21.2 Å². The van der Waals surface area contributed by atoms with Crippen LogP contribution in [-0.2, 0) is 11.0 Å². The van der Waals surface area contributed by atoms with E-state index < -0.39 is 17.7 Å². The minimum atomic E-state index is -4.60. The van der Waals surface area contributed by atoms with E-state index in [1.54, 1.807) is 0 Å². The fourth-order valence-corrected chi connectivity index (χ4v) is 1.87. The molecule has 2 rings (SSSR count). The van der Waals surface area contributed by atoms with Gasteiger partial charge in [0.15, 0.2) is 0 Å². The highest BCUT2D eigenvalue weighted by Gasteiger charge is 2.31. The van der Waals surface area contributed by atoms with Crippen LogP contribution in [0.2, 0.25) is 5.02 Å². The van der Waals surface area contributed by atoms with Crippen LogP contribution >= 0.6 is 11.6 Å². The molecule has 0 saturated heterocycles. The van der Waals surface area contributed by atoms with Gasteiger partial charge in [-0.1, -0.05) is 11.6 Å². The highest BCUT2D eigenvalue weighted by atomic mass is 35.5. The van der Waals surface area contributed by atoms with Crippen molar-refractivity contribution in [3.8, 4) is 17.4 Å². The maximum absolute atomic E-state index is 12.6. The number of carboxylic acid groups (broad SMARTS) is 1. The number of hydrogen-bond donors (Lipinski definition) is 2. The largest absolute Gasteiger partial charge is 0.508 e. The molecule has 0 bridgehead atoms. The number of ether oxygens (including phenoxy) is 1. The molecule has 1 heterocycles. The van der Waals surface area contributed by atoms with Gasteiger partial charge in [0.1, 0.15) is 16.5 Å². The smallest absolute Gasteiger partial charge is 0.417 e. The minimum Gasteiger partial charge on any atom is -0.508 e. The van der Waals surface area contributed by atoms with E-state index in [2.05, 4.69) is 4.98 Å². The van der Waals surface area contributed by atoms with Gasteiger partial charge in [-0.2, -0.15) is 13.2 Å². The molecule has 0 amide bonds. The van der Waals surface area contributed by atoms with Crippen molar-refractivity contribution in [1.82, 2.24) is 4.98 Å². The van der Waals surface area contributed by atoms with Crippen LogP contribution in [0.25, 0.3) is 6.08 Å². The van der Waals surface area contributed by atoms with Crippen molar-refractivity contribution < 1.29 is 32.9 Å². The number of phenols is 1. The average Bonchev–Trinajstić information content (AvgIpc) is 2.47. The molecule has 0 aliphatic carbocycles. The van der Waals surface area contributed by atoms with Crippen molar-refractivity contribution in [3.63, 3.8) is 0 Å². The minimum absolute atomic E-state index is 0.0262. The number of pyridine rings is 1. The SMILES string of the molecule is O=C(O)C=Cc1ccc(O)cc1Oc1ncc(C(F)(F)F)cc1Cl. The van der Waals surface area contributed by atoms with Crippen LogP contribution in [0.15, 0.2) is 36.5 Å². The van der Waals surface area contributed by atoms with Gasteiger partial charge in [-0.3, -0.25) is 0 Å². The Balaban J connectivity index is 2.37. The zero-order valence-electron chi connectivity index (χ0n) is 11.7. The second kappa shape index (κ2) is 6.79. The molecule has 0 unspecified atom stereocenters. The summed E-state index contributed by atoms with van der Waals surface area (Å²) in [5, 5.41) is 17.7. The molecule has 0 saturated carbocycles. The third-order valence-corrected chi connectivity index (χ3v) is 3.01. The zero-order valence-corrected chi connectivity index (χ0v) is 12.5. The molecular formula is C15H9ClF3NO4. The van der Waals surface area contributed by atoms with Crippen molar-refractivity contribution >= 4 is 23.6 Å². The van der Waals surface area contributed by atoms with E-state index in [0.29, 0.717) is 12.3 Å². The van der Waals surface area contributed by atoms with E-state index in [1.165, 1.54) is 18.2 Å². The number of rotatable bonds is 4. The highest BCUT2D eigenvalue weighted by Crippen LogP contribution is 2.36. The summed E-state index contributed by atoms with van der Waals surface area (Å²) in [5.41, 5.74) is -0.783. The third kappa shape index (κ3) is 4.39. The lowest BCUT2D eigenvalue weighted by molar-refractivity contribution is -0.138. The molecule has 0 radical (unpaired) electrons. The number of halogens is 4. The first-order valence-electron chi connectivity index (χ1n) is 6.31. The normalized spacial score (nSPS) is 11.7. The number of phenolic OH excluding ortho intramolecular Hbond substituents is 1. The lowest BCUT2D eigenvalue weighted by Crippen LogP contribution is -2.05. The van der Waals surface area contributed by atoms with Gasteiger partial charge >= 0.3 is 12.1 Å². The van der Waals surface area contributed by atoms with Gasteiger partial charge in [-0.05, 0) is 24.3 Å². The summed E-state index contributed by atoms with van der Waals surface area (Å²) in [4.78, 5) is 14.1. The van der Waals surface area contributed by atoms with E-state index in [4.69, 9.17) is 21.4 Å². The van der Waals surface area contributed by atoms with Gasteiger partial charge in [0.25, 0.3) is 0 Å². The fourth-order valence-electron chi connectivity index (χ4n) is 1.67. The predicted octanol–water partition coefficient (Wildman–Crippen LogP) is 4.35. The maximum atomic E-state index is 12.6. The monoisotopic (exact) mass is 359 g/mol. The number of carboxylic acids is 1. The molecule has 126 valence electrons. The first kappa shape index (κ1) is 17.6. The van der Waals surface area contributed by atoms with Crippen molar-refractivity contribution in [2.45, 2.75) is 6.18 Å². The van der Waals surface area contributed by atoms with Gasteiger partial charge in [0.05, 0.1) is 5.56 Å². The van der Waals surface area contributed by atoms with E-state index in [1.807, 2.05) is 0 Å². The molecule has 24 heavy (non-hydrogen) atoms. The average molecular weight is 360 g/mol. The molecule has 0 aliphatic rings. The Hall–Kier alpha value is -2.74. The second-order valence-electron chi connectivity index (χ2n) is 4.50. The van der Waals surface area contributed by atoms with Crippen LogP contribution < -0.4 is 4.74 Å². The number of aromatic nitrogens is 1. The maximum Gasteiger partial charge on any atom is 0.417 e. The summed E-state index contributed by atoms with van der Waals surface area (Å²) in [6.07, 6.45) is -2.03. The summed E-state index contributed by atoms with van der Waals surface area (Å²) in [7, 11) is 0. The van der Waals surface area contributed by atoms with Crippen LogP contribution in [0.5, 0.6) is 17.4 Å². The number of hydrogen-bond acceptors (Lipinski definition) is 4. The summed E-state index contributed by atoms with van der Waals surface area (Å²) in [6.45, 7) is 0. The molecule has 5 nitrogen and oxygen atoms in total. The van der Waals surface area contributed by atoms with E-state index in [-0.39, 0.29) is 28.0 Å². The molecular weight excluding hydrogens is 351 g/mol. The summed E-state index contributed by atoms with van der Waals surface area (Å²) >= 11 is 5.74. The van der Waals surface area contributed by atoms with E-state index in [0.717, 1.165) is 12.1 Å². The molecule has 1 aromatic carbocycles. The molecule has 2 N–H and O–H groups in total. The van der Waals surface area contributed by atoms with Crippen molar-refractivity contribution in [2.24, 2.45) is 0 Å². The quantitative estimate of drug-likeness (QED) is 0.793. The zero-order chi connectivity index (χ0) is 17.9. The van der Waals surface area contributed by atoms with E-state index in [9.17, 15) is 23.1 Å². The van der Waals surface area contributed by atoms with Gasteiger partial charge in [-0.25, -0.2) is 9.78 Å². The number of nitrogens with zero attached hydrogens (tertiary/aromatic N) is 1. The lowest BCUT2D eigenvalue weighted by Gasteiger charge is -2.12. The van der Waals surface area contributed by atoms with Gasteiger partial charge < -0.3 is 14.9 Å². The topological polar surface area (TPSA) is 79.7 Å². The van der Waals surface area contributed by atoms with Crippen molar-refractivity contribution in [2.75, 3.05) is 0 Å². The number of benzene rings is 1. The van der Waals surface area contributed by atoms with Crippen LogP contribution in [0.3, 0.4) is 0 Å². The molecule has 0 atom stereocenters. The highest BCUT2D eigenvalue weighted by molar-refractivity contribution is 6.31. The Morgan fingerprint density at radius 3 is 2.58 bits per heavy atom. The Labute approximate surface area is 138 Å². The van der Waals surface area contributed by atoms with E-state index >= 15 is 0 Å². The standard InChI is InChI=1S/C15H9ClF3NO4/c16-11-5-9(15(17,18)19)7-20-14(11)24-12-6-10(21)3-1-8(12)2-4-13(22)23/h1-7,21H,(H,22,23). The second-order valence-corrected chi connectivity index (χ2v) is 4.91. The Kier molecular flexibility index (Phi) is 4.99. The van der Waals surface area contributed by atoms with Crippen LogP contribution in [0.1, 0.15) is 11.1 Å². The summed E-state index contributed by atoms with van der Waals surface area (Å²) in [6, 6.07) is 4.45. The number of aromatic hydroxyl groups is 1. The van der Waals surface area contributed by atoms with Crippen LogP contribution in [0, 0.1) is 0 Å². The Morgan fingerprint density at radius 1 is 1.29 bits per heavy atom. The third-order valence-electron chi connectivity index (χ3n) is 2.74. The van der Waals surface area contributed by atoms with Gasteiger partial charge in [0, 0.05) is 23.9 Å². The molecule has 1 aromatic heterocycles. The number of carbonyl (C=O) groups is 1. The summed E-state index contributed by atoms with van der Waals surface area (Å²) in [5.74, 6) is -1.75. The van der Waals surface area contributed by atoms with Crippen LogP contribution in [0.4, 0.5) is 13.2 Å². The predicted molar refractivity (Wildman–Crippen MR) is 79.1 cm³/mol. The Morgan fingerprint density at radius 2 is 2.00 bits per heavy atom. The van der Waals surface area contributed by atoms with Gasteiger partial charge in [0.2, 0.25) is 5.88 Å². The van der Waals surface area contributed by atoms with Gasteiger partial charge in [-0.15, -0.1) is 0 Å². The first-order chi connectivity index (χ1) is 11.2. The molecule has 0 spiro atoms. The number of alkyl halides is 3. The van der Waals surface area contributed by atoms with Crippen molar-refractivity contribution in [3.05, 3.63) is 52.7 Å². The lowest BCUT2D eigenvalue weighted by atomic mass is 10.1. The summed E-state index contributed by atoms with van der Waals surface area (Å²) < 4.78 is 43.1. The van der Waals surface area contributed by atoms with Crippen molar-refractivity contribution in [1.29, 1.82) is 0 Å². The molecule has 9 heteroatoms. The Bertz CT molecular complexity index is 806. The molecule has 0 aliphatic heterocycles. The fraction of sp³-hybridized carbons (Fsp3) is 0.0667.